The second-order valence-electron chi connectivity index (χ2n) is 7.27. The fourth-order valence-electron chi connectivity index (χ4n) is 3.28. The summed E-state index contributed by atoms with van der Waals surface area (Å²) in [4.78, 5) is 14.4. The number of amides is 1. The molecule has 0 saturated heterocycles. The van der Waals surface area contributed by atoms with Crippen LogP contribution in [-0.4, -0.2) is 30.4 Å². The lowest BCUT2D eigenvalue weighted by Crippen LogP contribution is -2.34. The quantitative estimate of drug-likeness (QED) is 0.488. The SMILES string of the molecule is CCN(CCNC(=O)CCc1ccccc1)Cc1cccc(Oc2ccccc2)c1. The Morgan fingerprint density at radius 2 is 1.53 bits per heavy atom. The molecule has 0 radical (unpaired) electrons. The molecule has 1 N–H and O–H groups in total. The van der Waals surface area contributed by atoms with Crippen molar-refractivity contribution >= 4 is 5.91 Å². The molecule has 0 saturated carbocycles. The van der Waals surface area contributed by atoms with Gasteiger partial charge in [-0.3, -0.25) is 9.69 Å². The predicted octanol–water partition coefficient (Wildman–Crippen LogP) is 5.05. The van der Waals surface area contributed by atoms with E-state index in [1.807, 2.05) is 60.7 Å². The first-order valence-electron chi connectivity index (χ1n) is 10.6. The number of para-hydroxylation sites is 1. The van der Waals surface area contributed by atoms with E-state index in [1.54, 1.807) is 0 Å². The van der Waals surface area contributed by atoms with Crippen LogP contribution in [-0.2, 0) is 17.8 Å². The van der Waals surface area contributed by atoms with E-state index in [1.165, 1.54) is 11.1 Å². The van der Waals surface area contributed by atoms with Gasteiger partial charge < -0.3 is 10.1 Å². The number of hydrogen-bond acceptors (Lipinski definition) is 3. The first-order chi connectivity index (χ1) is 14.7. The van der Waals surface area contributed by atoms with Gasteiger partial charge in [-0.15, -0.1) is 0 Å². The topological polar surface area (TPSA) is 41.6 Å². The van der Waals surface area contributed by atoms with Crippen molar-refractivity contribution in [3.63, 3.8) is 0 Å². The van der Waals surface area contributed by atoms with Crippen LogP contribution in [0.15, 0.2) is 84.9 Å². The van der Waals surface area contributed by atoms with Crippen molar-refractivity contribution in [2.45, 2.75) is 26.3 Å². The molecule has 1 amide bonds. The van der Waals surface area contributed by atoms with E-state index >= 15 is 0 Å². The molecule has 0 bridgehead atoms. The third kappa shape index (κ3) is 7.37. The average Bonchev–Trinajstić information content (AvgIpc) is 2.78. The molecule has 0 aliphatic rings. The smallest absolute Gasteiger partial charge is 0.220 e. The molecule has 0 fully saturated rings. The summed E-state index contributed by atoms with van der Waals surface area (Å²) >= 11 is 0. The largest absolute Gasteiger partial charge is 0.457 e. The second kappa shape index (κ2) is 11.8. The molecule has 0 unspecified atom stereocenters. The van der Waals surface area contributed by atoms with Crippen LogP contribution in [0.4, 0.5) is 0 Å². The number of aryl methyl sites for hydroxylation is 1. The molecule has 0 heterocycles. The highest BCUT2D eigenvalue weighted by Crippen LogP contribution is 2.22. The van der Waals surface area contributed by atoms with Gasteiger partial charge in [0.1, 0.15) is 11.5 Å². The molecule has 4 nitrogen and oxygen atoms in total. The van der Waals surface area contributed by atoms with E-state index in [9.17, 15) is 4.79 Å². The molecule has 156 valence electrons. The van der Waals surface area contributed by atoms with Gasteiger partial charge in [-0.25, -0.2) is 0 Å². The Balaban J connectivity index is 1.42. The van der Waals surface area contributed by atoms with Gasteiger partial charge in [0.2, 0.25) is 5.91 Å². The minimum absolute atomic E-state index is 0.105. The summed E-state index contributed by atoms with van der Waals surface area (Å²) in [6.07, 6.45) is 1.30. The van der Waals surface area contributed by atoms with Crippen molar-refractivity contribution in [2.75, 3.05) is 19.6 Å². The highest BCUT2D eigenvalue weighted by molar-refractivity contribution is 5.76. The minimum atomic E-state index is 0.105. The minimum Gasteiger partial charge on any atom is -0.457 e. The lowest BCUT2D eigenvalue weighted by molar-refractivity contribution is -0.121. The van der Waals surface area contributed by atoms with Gasteiger partial charge >= 0.3 is 0 Å². The molecule has 30 heavy (non-hydrogen) atoms. The predicted molar refractivity (Wildman–Crippen MR) is 122 cm³/mol. The lowest BCUT2D eigenvalue weighted by atomic mass is 10.1. The number of carbonyl (C=O) groups is 1. The number of benzene rings is 3. The van der Waals surface area contributed by atoms with Crippen molar-refractivity contribution in [1.82, 2.24) is 10.2 Å². The van der Waals surface area contributed by atoms with Gasteiger partial charge in [0.25, 0.3) is 0 Å². The summed E-state index contributed by atoms with van der Waals surface area (Å²) in [7, 11) is 0. The molecule has 3 rings (SSSR count). The Hall–Kier alpha value is -3.11. The van der Waals surface area contributed by atoms with Gasteiger partial charge in [-0.1, -0.05) is 67.6 Å². The molecule has 3 aromatic rings. The Bertz CT molecular complexity index is 897. The van der Waals surface area contributed by atoms with E-state index in [4.69, 9.17) is 4.74 Å². The van der Waals surface area contributed by atoms with Crippen LogP contribution < -0.4 is 10.1 Å². The zero-order valence-electron chi connectivity index (χ0n) is 17.6. The molecule has 0 spiro atoms. The molecule has 0 aliphatic carbocycles. The maximum atomic E-state index is 12.1. The molecule has 4 heteroatoms. The van der Waals surface area contributed by atoms with Crippen LogP contribution in [0.3, 0.4) is 0 Å². The fourth-order valence-corrected chi connectivity index (χ4v) is 3.28. The van der Waals surface area contributed by atoms with Crippen molar-refractivity contribution in [3.05, 3.63) is 96.1 Å². The van der Waals surface area contributed by atoms with Crippen molar-refractivity contribution < 1.29 is 9.53 Å². The van der Waals surface area contributed by atoms with Crippen molar-refractivity contribution in [1.29, 1.82) is 0 Å². The number of nitrogens with zero attached hydrogens (tertiary/aromatic N) is 1. The lowest BCUT2D eigenvalue weighted by Gasteiger charge is -2.21. The Morgan fingerprint density at radius 3 is 2.27 bits per heavy atom. The normalized spacial score (nSPS) is 10.7. The summed E-state index contributed by atoms with van der Waals surface area (Å²) < 4.78 is 5.93. The summed E-state index contributed by atoms with van der Waals surface area (Å²) in [5, 5.41) is 3.04. The molecular formula is C26H30N2O2. The van der Waals surface area contributed by atoms with Crippen LogP contribution in [0, 0.1) is 0 Å². The van der Waals surface area contributed by atoms with Gasteiger partial charge in [0.15, 0.2) is 0 Å². The number of carbonyl (C=O) groups excluding carboxylic acids is 1. The Morgan fingerprint density at radius 1 is 0.867 bits per heavy atom. The van der Waals surface area contributed by atoms with Gasteiger partial charge in [-0.2, -0.15) is 0 Å². The first-order valence-corrected chi connectivity index (χ1v) is 10.6. The maximum Gasteiger partial charge on any atom is 0.220 e. The molecule has 0 aliphatic heterocycles. The molecular weight excluding hydrogens is 372 g/mol. The molecule has 0 aromatic heterocycles. The van der Waals surface area contributed by atoms with Gasteiger partial charge in [0.05, 0.1) is 0 Å². The number of rotatable bonds is 11. The van der Waals surface area contributed by atoms with Crippen LogP contribution in [0.2, 0.25) is 0 Å². The second-order valence-corrected chi connectivity index (χ2v) is 7.27. The van der Waals surface area contributed by atoms with E-state index in [-0.39, 0.29) is 5.91 Å². The average molecular weight is 403 g/mol. The third-order valence-corrected chi connectivity index (χ3v) is 4.96. The maximum absolute atomic E-state index is 12.1. The van der Waals surface area contributed by atoms with Crippen LogP contribution in [0.5, 0.6) is 11.5 Å². The van der Waals surface area contributed by atoms with Gasteiger partial charge in [-0.05, 0) is 48.4 Å². The highest BCUT2D eigenvalue weighted by Gasteiger charge is 2.07. The first kappa shape index (κ1) is 21.6. The fraction of sp³-hybridized carbons (Fsp3) is 0.269. The van der Waals surface area contributed by atoms with Crippen LogP contribution >= 0.6 is 0 Å². The van der Waals surface area contributed by atoms with Gasteiger partial charge in [0, 0.05) is 26.1 Å². The molecule has 0 atom stereocenters. The zero-order valence-corrected chi connectivity index (χ0v) is 17.6. The summed E-state index contributed by atoms with van der Waals surface area (Å²) in [5.74, 6) is 1.78. The highest BCUT2D eigenvalue weighted by atomic mass is 16.5. The van der Waals surface area contributed by atoms with Crippen molar-refractivity contribution in [3.8, 4) is 11.5 Å². The molecule has 3 aromatic carbocycles. The Labute approximate surface area is 179 Å². The van der Waals surface area contributed by atoms with E-state index < -0.39 is 0 Å². The summed E-state index contributed by atoms with van der Waals surface area (Å²) in [6, 6.07) is 28.1. The van der Waals surface area contributed by atoms with Crippen molar-refractivity contribution in [2.24, 2.45) is 0 Å². The Kier molecular flexibility index (Phi) is 8.48. The number of hydrogen-bond donors (Lipinski definition) is 1. The van der Waals surface area contributed by atoms with E-state index in [2.05, 4.69) is 41.4 Å². The van der Waals surface area contributed by atoms with E-state index in [0.29, 0.717) is 13.0 Å². The number of nitrogens with one attached hydrogen (secondary N) is 1. The van der Waals surface area contributed by atoms with E-state index in [0.717, 1.165) is 37.6 Å². The monoisotopic (exact) mass is 402 g/mol. The zero-order chi connectivity index (χ0) is 21.0. The number of likely N-dealkylation sites (N-methyl/N-ethyl adjacent to an activating group) is 1. The third-order valence-electron chi connectivity index (χ3n) is 4.96. The summed E-state index contributed by atoms with van der Waals surface area (Å²) in [6.45, 7) is 5.35. The number of ether oxygens (including phenoxy) is 1. The standard InChI is InChI=1S/C26H30N2O2/c1-2-28(19-18-27-26(29)17-16-22-10-5-3-6-11-22)21-23-12-9-15-25(20-23)30-24-13-7-4-8-14-24/h3-15,20H,2,16-19,21H2,1H3,(H,27,29). The van der Waals surface area contributed by atoms with Crippen LogP contribution in [0.1, 0.15) is 24.5 Å². The van der Waals surface area contributed by atoms with Crippen LogP contribution in [0.25, 0.3) is 0 Å². The summed E-state index contributed by atoms with van der Waals surface area (Å²) in [5.41, 5.74) is 2.39.